The number of aliphatic carboxylic acids is 1. The van der Waals surface area contributed by atoms with Crippen LogP contribution in [0.4, 0.5) is 13.2 Å². The number of likely N-dealkylation sites (tertiary alicyclic amines) is 2. The fraction of sp³-hybridized carbons (Fsp3) is 0.655. The topological polar surface area (TPSA) is 72.9 Å². The molecule has 1 aliphatic carbocycles. The highest BCUT2D eigenvalue weighted by atomic mass is 35.5. The first kappa shape index (κ1) is 29.9. The molecule has 2 N–H and O–H groups in total. The molecule has 2 heterocycles. The van der Waals surface area contributed by atoms with Gasteiger partial charge in [-0.15, -0.1) is 0 Å². The summed E-state index contributed by atoms with van der Waals surface area (Å²) >= 11 is 6.17. The number of piperidine rings is 1. The Morgan fingerprint density at radius 1 is 1.23 bits per heavy atom. The highest BCUT2D eigenvalue weighted by Crippen LogP contribution is 2.42. The zero-order chi connectivity index (χ0) is 28.4. The number of carboxylic acids is 1. The van der Waals surface area contributed by atoms with Crippen LogP contribution in [-0.2, 0) is 22.3 Å². The maximum absolute atomic E-state index is 13.7. The second-order valence-corrected chi connectivity index (χ2v) is 12.0. The van der Waals surface area contributed by atoms with Gasteiger partial charge in [-0.2, -0.15) is 13.2 Å². The first-order valence-electron chi connectivity index (χ1n) is 13.9. The lowest BCUT2D eigenvalue weighted by Gasteiger charge is -2.39. The summed E-state index contributed by atoms with van der Waals surface area (Å²) in [5.74, 6) is -1.78. The number of halogens is 4. The van der Waals surface area contributed by atoms with Crippen LogP contribution in [0.3, 0.4) is 0 Å². The van der Waals surface area contributed by atoms with Crippen LogP contribution in [0.5, 0.6) is 0 Å². The lowest BCUT2D eigenvalue weighted by atomic mass is 9.75. The second kappa shape index (κ2) is 12.2. The molecule has 216 valence electrons. The number of nitrogens with zero attached hydrogens (tertiary/aromatic N) is 2. The van der Waals surface area contributed by atoms with E-state index in [0.717, 1.165) is 44.8 Å². The molecule has 1 aromatic carbocycles. The van der Waals surface area contributed by atoms with Gasteiger partial charge >= 0.3 is 12.1 Å². The van der Waals surface area contributed by atoms with Crippen molar-refractivity contribution in [2.75, 3.05) is 26.2 Å². The average Bonchev–Trinajstić information content (AvgIpc) is 3.20. The van der Waals surface area contributed by atoms with Crippen LogP contribution in [0.25, 0.3) is 0 Å². The minimum atomic E-state index is -4.57. The minimum Gasteiger partial charge on any atom is -0.481 e. The molecule has 1 unspecified atom stereocenters. The van der Waals surface area contributed by atoms with E-state index >= 15 is 0 Å². The van der Waals surface area contributed by atoms with E-state index in [0.29, 0.717) is 12.6 Å². The zero-order valence-electron chi connectivity index (χ0n) is 22.7. The highest BCUT2D eigenvalue weighted by Gasteiger charge is 2.52. The van der Waals surface area contributed by atoms with Gasteiger partial charge in [0.25, 0.3) is 0 Å². The van der Waals surface area contributed by atoms with Gasteiger partial charge in [-0.1, -0.05) is 36.2 Å². The Bertz CT molecular complexity index is 1090. The van der Waals surface area contributed by atoms with Gasteiger partial charge in [0.05, 0.1) is 17.4 Å². The molecular weight excluding hydrogens is 531 g/mol. The number of carbonyl (C=O) groups excluding carboxylic acids is 1. The molecule has 0 radical (unpaired) electrons. The van der Waals surface area contributed by atoms with E-state index in [1.54, 1.807) is 4.90 Å². The first-order chi connectivity index (χ1) is 18.4. The zero-order valence-corrected chi connectivity index (χ0v) is 23.5. The predicted molar refractivity (Wildman–Crippen MR) is 144 cm³/mol. The molecule has 0 bridgehead atoms. The number of alkyl halides is 3. The van der Waals surface area contributed by atoms with Gasteiger partial charge in [-0.05, 0) is 69.1 Å². The van der Waals surface area contributed by atoms with Crippen molar-refractivity contribution in [2.24, 2.45) is 11.3 Å². The van der Waals surface area contributed by atoms with Gasteiger partial charge in [0.1, 0.15) is 0 Å². The summed E-state index contributed by atoms with van der Waals surface area (Å²) in [4.78, 5) is 29.8. The van der Waals surface area contributed by atoms with Crippen LogP contribution in [0.1, 0.15) is 69.9 Å². The molecule has 1 aromatic rings. The molecular formula is C29H39ClF3N3O3. The number of benzene rings is 1. The number of hydrogen-bond acceptors (Lipinski definition) is 4. The number of carboxylic acid groups (broad SMARTS) is 1. The van der Waals surface area contributed by atoms with Crippen molar-refractivity contribution in [1.82, 2.24) is 15.1 Å². The molecule has 6 nitrogen and oxygen atoms in total. The van der Waals surface area contributed by atoms with E-state index in [1.165, 1.54) is 30.5 Å². The second-order valence-electron chi connectivity index (χ2n) is 11.5. The third-order valence-corrected chi connectivity index (χ3v) is 9.34. The Labute approximate surface area is 233 Å². The summed E-state index contributed by atoms with van der Waals surface area (Å²) < 4.78 is 40.9. The Morgan fingerprint density at radius 3 is 2.56 bits per heavy atom. The maximum atomic E-state index is 13.7. The average molecular weight is 570 g/mol. The van der Waals surface area contributed by atoms with E-state index in [1.807, 2.05) is 6.92 Å². The van der Waals surface area contributed by atoms with Crippen molar-refractivity contribution in [3.05, 3.63) is 46.0 Å². The molecule has 39 heavy (non-hydrogen) atoms. The van der Waals surface area contributed by atoms with Gasteiger partial charge in [0.15, 0.2) is 0 Å². The number of nitrogens with one attached hydrogen (secondary N) is 1. The molecule has 2 fully saturated rings. The number of allylic oxidation sites excluding steroid dienone is 1. The molecule has 4 rings (SSSR count). The van der Waals surface area contributed by atoms with Crippen molar-refractivity contribution in [2.45, 2.75) is 83.6 Å². The molecule has 1 amide bonds. The Hall–Kier alpha value is -2.10. The third-order valence-electron chi connectivity index (χ3n) is 8.98. The van der Waals surface area contributed by atoms with Crippen molar-refractivity contribution in [1.29, 1.82) is 0 Å². The summed E-state index contributed by atoms with van der Waals surface area (Å²) in [7, 11) is 0. The van der Waals surface area contributed by atoms with Gasteiger partial charge in [-0.25, -0.2) is 0 Å². The molecule has 3 atom stereocenters. The quantitative estimate of drug-likeness (QED) is 0.391. The standard InChI is InChI=1S/C29H39ClF3N3O3/c1-19-16-35(17-23-24(29(31,32)33)9-6-10-25(23)30)18-28(19,15-26(37)38)27(39)34-22-11-13-36(14-12-22)20(2)21-7-4-3-5-8-21/h6-7,9-10,19-20,22H,3-5,8,11-18H2,1-2H3,(H,34,39)(H,37,38)/t19-,20?,28+/m0/s1. The number of hydrogen-bond donors (Lipinski definition) is 2. The molecule has 0 aromatic heterocycles. The van der Waals surface area contributed by atoms with Crippen molar-refractivity contribution in [3.63, 3.8) is 0 Å². The van der Waals surface area contributed by atoms with Crippen LogP contribution in [0.15, 0.2) is 29.8 Å². The molecule has 2 aliphatic heterocycles. The van der Waals surface area contributed by atoms with Crippen LogP contribution >= 0.6 is 11.6 Å². The molecule has 0 spiro atoms. The van der Waals surface area contributed by atoms with E-state index in [9.17, 15) is 27.9 Å². The largest absolute Gasteiger partial charge is 0.481 e. The number of amides is 1. The van der Waals surface area contributed by atoms with Gasteiger partial charge in [0.2, 0.25) is 5.91 Å². The summed E-state index contributed by atoms with van der Waals surface area (Å²) in [5, 5.41) is 12.9. The third kappa shape index (κ3) is 6.80. The van der Waals surface area contributed by atoms with E-state index < -0.39 is 23.1 Å². The Morgan fingerprint density at radius 2 is 1.95 bits per heavy atom. The SMILES string of the molecule is CC(C1=CCCCC1)N1CCC(NC(=O)[C@]2(CC(=O)O)CN(Cc3c(Cl)cccc3C(F)(F)F)C[C@@H]2C)CC1. The smallest absolute Gasteiger partial charge is 0.416 e. The maximum Gasteiger partial charge on any atom is 0.416 e. The first-order valence-corrected chi connectivity index (χ1v) is 14.3. The van der Waals surface area contributed by atoms with E-state index in [-0.39, 0.29) is 48.0 Å². The normalized spacial score (nSPS) is 26.3. The van der Waals surface area contributed by atoms with Gasteiger partial charge in [-0.3, -0.25) is 19.4 Å². The van der Waals surface area contributed by atoms with Crippen molar-refractivity contribution in [3.8, 4) is 0 Å². The molecule has 0 saturated carbocycles. The monoisotopic (exact) mass is 569 g/mol. The van der Waals surface area contributed by atoms with E-state index in [2.05, 4.69) is 23.2 Å². The Balaban J connectivity index is 1.43. The number of carbonyl (C=O) groups is 2. The van der Waals surface area contributed by atoms with E-state index in [4.69, 9.17) is 11.6 Å². The van der Waals surface area contributed by atoms with Gasteiger partial charge < -0.3 is 10.4 Å². The fourth-order valence-electron chi connectivity index (χ4n) is 6.62. The summed E-state index contributed by atoms with van der Waals surface area (Å²) in [6.07, 6.45) is 3.74. The molecule has 2 saturated heterocycles. The van der Waals surface area contributed by atoms with Crippen LogP contribution < -0.4 is 5.32 Å². The van der Waals surface area contributed by atoms with Crippen LogP contribution in [0, 0.1) is 11.3 Å². The summed E-state index contributed by atoms with van der Waals surface area (Å²) in [5.41, 5.74) is -0.605. The fourth-order valence-corrected chi connectivity index (χ4v) is 6.86. The highest BCUT2D eigenvalue weighted by molar-refractivity contribution is 6.31. The minimum absolute atomic E-state index is 0.00245. The summed E-state index contributed by atoms with van der Waals surface area (Å²) in [6.45, 7) is 6.00. The van der Waals surface area contributed by atoms with Crippen molar-refractivity contribution >= 4 is 23.5 Å². The number of rotatable bonds is 8. The molecule has 3 aliphatic rings. The predicted octanol–water partition coefficient (Wildman–Crippen LogP) is 5.74. The van der Waals surface area contributed by atoms with Crippen molar-refractivity contribution < 1.29 is 27.9 Å². The molecule has 10 heteroatoms. The lowest BCUT2D eigenvalue weighted by Crippen LogP contribution is -2.53. The Kier molecular flexibility index (Phi) is 9.33. The lowest BCUT2D eigenvalue weighted by molar-refractivity contribution is -0.147. The van der Waals surface area contributed by atoms with Crippen LogP contribution in [-0.4, -0.2) is 65.0 Å². The van der Waals surface area contributed by atoms with Crippen LogP contribution in [0.2, 0.25) is 5.02 Å². The van der Waals surface area contributed by atoms with Gasteiger partial charge in [0, 0.05) is 49.8 Å². The summed E-state index contributed by atoms with van der Waals surface area (Å²) in [6, 6.07) is 4.00.